The van der Waals surface area contributed by atoms with Gasteiger partial charge in [-0.15, -0.1) is 0 Å². The molecule has 2 rings (SSSR count). The minimum absolute atomic E-state index is 0.813. The van der Waals surface area contributed by atoms with Crippen LogP contribution in [0.15, 0.2) is 30.5 Å². The normalized spacial score (nSPS) is 10.5. The van der Waals surface area contributed by atoms with Crippen molar-refractivity contribution in [3.63, 3.8) is 0 Å². The van der Waals surface area contributed by atoms with E-state index < -0.39 is 0 Å². The Balaban J connectivity index is 2.16. The Kier molecular flexibility index (Phi) is 4.28. The largest absolute Gasteiger partial charge is 0.267 e. The SMILES string of the molecule is CCc1nn(Cc2ccc(C=S)cc2)cc1I. The van der Waals surface area contributed by atoms with Crippen molar-refractivity contribution in [2.24, 2.45) is 0 Å². The zero-order valence-electron chi connectivity index (χ0n) is 9.56. The molecule has 0 bridgehead atoms. The number of rotatable bonds is 4. The quantitative estimate of drug-likeness (QED) is 0.617. The molecular weight excluding hydrogens is 343 g/mol. The molecule has 17 heavy (non-hydrogen) atoms. The molecule has 0 fully saturated rings. The fourth-order valence-electron chi connectivity index (χ4n) is 1.65. The molecule has 2 aromatic rings. The summed E-state index contributed by atoms with van der Waals surface area (Å²) < 4.78 is 3.23. The Hall–Kier alpha value is -0.750. The molecule has 1 heterocycles. The number of aromatic nitrogens is 2. The Labute approximate surface area is 120 Å². The van der Waals surface area contributed by atoms with Crippen LogP contribution in [0.25, 0.3) is 0 Å². The summed E-state index contributed by atoms with van der Waals surface area (Å²) in [6, 6.07) is 8.27. The molecule has 0 unspecified atom stereocenters. The van der Waals surface area contributed by atoms with E-state index in [4.69, 9.17) is 12.2 Å². The van der Waals surface area contributed by atoms with Crippen molar-refractivity contribution in [3.8, 4) is 0 Å². The van der Waals surface area contributed by atoms with E-state index in [1.807, 2.05) is 16.8 Å². The molecule has 0 aliphatic carbocycles. The predicted molar refractivity (Wildman–Crippen MR) is 82.6 cm³/mol. The topological polar surface area (TPSA) is 17.8 Å². The fourth-order valence-corrected chi connectivity index (χ4v) is 2.61. The number of hydrogen-bond donors (Lipinski definition) is 0. The molecular formula is C13H13IN2S. The van der Waals surface area contributed by atoms with Gasteiger partial charge in [-0.2, -0.15) is 5.10 Å². The second-order valence-electron chi connectivity index (χ2n) is 3.83. The summed E-state index contributed by atoms with van der Waals surface area (Å²) in [5, 5.41) is 6.24. The van der Waals surface area contributed by atoms with E-state index in [1.54, 1.807) is 5.37 Å². The molecule has 0 aliphatic rings. The van der Waals surface area contributed by atoms with Crippen LogP contribution in [0.3, 0.4) is 0 Å². The highest BCUT2D eigenvalue weighted by Gasteiger charge is 2.04. The molecule has 4 heteroatoms. The van der Waals surface area contributed by atoms with Gasteiger partial charge in [0.1, 0.15) is 0 Å². The van der Waals surface area contributed by atoms with Crippen LogP contribution >= 0.6 is 34.8 Å². The number of thiocarbonyl (C=S) groups is 1. The number of nitrogens with zero attached hydrogens (tertiary/aromatic N) is 2. The van der Waals surface area contributed by atoms with Gasteiger partial charge in [-0.05, 0) is 40.1 Å². The molecule has 0 aliphatic heterocycles. The zero-order chi connectivity index (χ0) is 12.3. The van der Waals surface area contributed by atoms with Crippen molar-refractivity contribution >= 4 is 40.2 Å². The summed E-state index contributed by atoms with van der Waals surface area (Å²) in [5.74, 6) is 0. The molecule has 1 aromatic heterocycles. The van der Waals surface area contributed by atoms with Crippen molar-refractivity contribution in [2.45, 2.75) is 19.9 Å². The molecule has 0 saturated heterocycles. The highest BCUT2D eigenvalue weighted by atomic mass is 127. The van der Waals surface area contributed by atoms with Crippen LogP contribution in [0.2, 0.25) is 0 Å². The van der Waals surface area contributed by atoms with Crippen molar-refractivity contribution < 1.29 is 0 Å². The summed E-state index contributed by atoms with van der Waals surface area (Å²) in [7, 11) is 0. The van der Waals surface area contributed by atoms with Gasteiger partial charge in [0.15, 0.2) is 0 Å². The summed E-state index contributed by atoms with van der Waals surface area (Å²) in [6.45, 7) is 2.94. The van der Waals surface area contributed by atoms with Gasteiger partial charge in [-0.1, -0.05) is 43.4 Å². The van der Waals surface area contributed by atoms with E-state index in [2.05, 4.69) is 52.9 Å². The van der Waals surface area contributed by atoms with E-state index >= 15 is 0 Å². The third kappa shape index (κ3) is 3.13. The Morgan fingerprint density at radius 2 is 2.06 bits per heavy atom. The number of halogens is 1. The molecule has 0 spiro atoms. The van der Waals surface area contributed by atoms with Crippen molar-refractivity contribution in [3.05, 3.63) is 50.9 Å². The molecule has 0 radical (unpaired) electrons. The Morgan fingerprint density at radius 1 is 1.35 bits per heavy atom. The summed E-state index contributed by atoms with van der Waals surface area (Å²) in [5.41, 5.74) is 3.49. The molecule has 0 saturated carbocycles. The predicted octanol–water partition coefficient (Wildman–Crippen LogP) is 3.45. The first kappa shape index (κ1) is 12.7. The number of aryl methyl sites for hydroxylation is 1. The van der Waals surface area contributed by atoms with Gasteiger partial charge in [0, 0.05) is 11.6 Å². The second kappa shape index (κ2) is 5.73. The molecule has 2 nitrogen and oxygen atoms in total. The minimum Gasteiger partial charge on any atom is -0.267 e. The molecule has 0 atom stereocenters. The van der Waals surface area contributed by atoms with E-state index in [1.165, 1.54) is 14.8 Å². The number of benzene rings is 1. The monoisotopic (exact) mass is 356 g/mol. The summed E-state index contributed by atoms with van der Waals surface area (Å²) in [6.07, 6.45) is 3.07. The van der Waals surface area contributed by atoms with Crippen molar-refractivity contribution in [1.82, 2.24) is 9.78 Å². The average Bonchev–Trinajstić information content (AvgIpc) is 2.70. The van der Waals surface area contributed by atoms with Gasteiger partial charge in [-0.3, -0.25) is 4.68 Å². The lowest BCUT2D eigenvalue weighted by atomic mass is 10.1. The molecule has 1 aromatic carbocycles. The zero-order valence-corrected chi connectivity index (χ0v) is 12.5. The second-order valence-corrected chi connectivity index (χ2v) is 5.23. The molecule has 0 amide bonds. The first-order valence-electron chi connectivity index (χ1n) is 5.49. The third-order valence-corrected chi connectivity index (χ3v) is 3.76. The van der Waals surface area contributed by atoms with Crippen LogP contribution in [0.1, 0.15) is 23.7 Å². The van der Waals surface area contributed by atoms with Gasteiger partial charge < -0.3 is 0 Å². The van der Waals surface area contributed by atoms with Gasteiger partial charge in [0.05, 0.1) is 15.8 Å². The average molecular weight is 356 g/mol. The van der Waals surface area contributed by atoms with E-state index in [0.29, 0.717) is 0 Å². The van der Waals surface area contributed by atoms with Crippen LogP contribution in [-0.4, -0.2) is 15.1 Å². The number of hydrogen-bond acceptors (Lipinski definition) is 2. The van der Waals surface area contributed by atoms with E-state index in [0.717, 1.165) is 18.5 Å². The first-order chi connectivity index (χ1) is 8.22. The smallest absolute Gasteiger partial charge is 0.0755 e. The Bertz CT molecular complexity index is 517. The highest BCUT2D eigenvalue weighted by molar-refractivity contribution is 14.1. The van der Waals surface area contributed by atoms with Crippen molar-refractivity contribution in [2.75, 3.05) is 0 Å². The van der Waals surface area contributed by atoms with Gasteiger partial charge in [-0.25, -0.2) is 0 Å². The van der Waals surface area contributed by atoms with Crippen LogP contribution < -0.4 is 0 Å². The lowest BCUT2D eigenvalue weighted by Crippen LogP contribution is -2.01. The minimum atomic E-state index is 0.813. The summed E-state index contributed by atoms with van der Waals surface area (Å²) >= 11 is 7.22. The lowest BCUT2D eigenvalue weighted by molar-refractivity contribution is 0.673. The lowest BCUT2D eigenvalue weighted by Gasteiger charge is -2.02. The maximum Gasteiger partial charge on any atom is 0.0755 e. The first-order valence-corrected chi connectivity index (χ1v) is 7.04. The van der Waals surface area contributed by atoms with E-state index in [9.17, 15) is 0 Å². The summed E-state index contributed by atoms with van der Waals surface area (Å²) in [4.78, 5) is 0. The standard InChI is InChI=1S/C13H13IN2S/c1-2-13-12(14)8-16(15-13)7-10-3-5-11(9-17)6-4-10/h3-6,8-9H,2,7H2,1H3. The van der Waals surface area contributed by atoms with Gasteiger partial charge in [0.25, 0.3) is 0 Å². The Morgan fingerprint density at radius 3 is 2.59 bits per heavy atom. The molecule has 0 N–H and O–H groups in total. The van der Waals surface area contributed by atoms with Gasteiger partial charge in [0.2, 0.25) is 0 Å². The van der Waals surface area contributed by atoms with Crippen LogP contribution in [0.5, 0.6) is 0 Å². The maximum atomic E-state index is 4.88. The maximum absolute atomic E-state index is 4.88. The van der Waals surface area contributed by atoms with Crippen molar-refractivity contribution in [1.29, 1.82) is 0 Å². The van der Waals surface area contributed by atoms with Crippen LogP contribution in [0, 0.1) is 3.57 Å². The fraction of sp³-hybridized carbons (Fsp3) is 0.231. The third-order valence-electron chi connectivity index (χ3n) is 2.58. The van der Waals surface area contributed by atoms with E-state index in [-0.39, 0.29) is 0 Å². The molecule has 88 valence electrons. The highest BCUT2D eigenvalue weighted by Crippen LogP contribution is 2.12. The van der Waals surface area contributed by atoms with Crippen LogP contribution in [0.4, 0.5) is 0 Å². The van der Waals surface area contributed by atoms with Gasteiger partial charge >= 0.3 is 0 Å². The van der Waals surface area contributed by atoms with Crippen LogP contribution in [-0.2, 0) is 13.0 Å².